The molecule has 0 radical (unpaired) electrons. The molecule has 1 N–H and O–H groups in total. The van der Waals surface area contributed by atoms with Crippen molar-refractivity contribution < 1.29 is 9.53 Å². The number of thiophene rings is 1. The van der Waals surface area contributed by atoms with Crippen LogP contribution < -0.4 is 15.0 Å². The largest absolute Gasteiger partial charge is 0.497 e. The lowest BCUT2D eigenvalue weighted by atomic mass is 10.0. The van der Waals surface area contributed by atoms with Crippen LogP contribution in [0.3, 0.4) is 0 Å². The summed E-state index contributed by atoms with van der Waals surface area (Å²) in [5.41, 5.74) is 2.01. The van der Waals surface area contributed by atoms with Crippen molar-refractivity contribution in [2.45, 2.75) is 25.8 Å². The second-order valence-corrected chi connectivity index (χ2v) is 8.79. The Morgan fingerprint density at radius 3 is 2.61 bits per heavy atom. The quantitative estimate of drug-likeness (QED) is 0.665. The van der Waals surface area contributed by atoms with Crippen LogP contribution in [0.1, 0.15) is 28.2 Å². The number of rotatable bonds is 5. The van der Waals surface area contributed by atoms with Crippen molar-refractivity contribution in [3.63, 3.8) is 0 Å². The van der Waals surface area contributed by atoms with Gasteiger partial charge >= 0.3 is 0 Å². The summed E-state index contributed by atoms with van der Waals surface area (Å²) < 4.78 is 5.22. The molecule has 7 heteroatoms. The summed E-state index contributed by atoms with van der Waals surface area (Å²) in [5, 5.41) is 6.17. The Bertz CT molecular complexity index is 927. The second-order valence-electron chi connectivity index (χ2n) is 6.84. The molecule has 1 saturated heterocycles. The molecule has 0 bridgehead atoms. The molecule has 3 heterocycles. The number of aryl methyl sites for hydroxylation is 1. The van der Waals surface area contributed by atoms with Crippen LogP contribution in [-0.4, -0.2) is 37.1 Å². The molecule has 1 aliphatic heterocycles. The van der Waals surface area contributed by atoms with Crippen molar-refractivity contribution in [1.82, 2.24) is 10.3 Å². The van der Waals surface area contributed by atoms with Crippen molar-refractivity contribution in [3.05, 3.63) is 52.3 Å². The molecule has 0 unspecified atom stereocenters. The van der Waals surface area contributed by atoms with Gasteiger partial charge in [0.25, 0.3) is 5.91 Å². The number of nitrogens with zero attached hydrogens (tertiary/aromatic N) is 2. The smallest absolute Gasteiger partial charge is 0.263 e. The first kappa shape index (κ1) is 19.0. The third kappa shape index (κ3) is 4.05. The number of methoxy groups -OCH3 is 1. The van der Waals surface area contributed by atoms with Gasteiger partial charge in [-0.15, -0.1) is 22.7 Å². The van der Waals surface area contributed by atoms with Crippen molar-refractivity contribution in [2.24, 2.45) is 0 Å². The summed E-state index contributed by atoms with van der Waals surface area (Å²) in [6.45, 7) is 3.77. The number of carbonyl (C=O) groups excluding carboxylic acids is 1. The maximum atomic E-state index is 12.8. The summed E-state index contributed by atoms with van der Waals surface area (Å²) in [6.07, 6.45) is 1.88. The second kappa shape index (κ2) is 8.32. The normalized spacial score (nSPS) is 14.9. The van der Waals surface area contributed by atoms with Gasteiger partial charge in [0.2, 0.25) is 0 Å². The third-order valence-electron chi connectivity index (χ3n) is 5.00. The van der Waals surface area contributed by atoms with Crippen LogP contribution in [0, 0.1) is 6.92 Å². The van der Waals surface area contributed by atoms with Gasteiger partial charge in [0.05, 0.1) is 17.7 Å². The minimum absolute atomic E-state index is 0.000651. The number of thiazole rings is 1. The average Bonchev–Trinajstić information content (AvgIpc) is 3.38. The molecule has 0 spiro atoms. The SMILES string of the molecule is COc1ccc(N2CCC(NC(=O)c3sc(-c4cccs4)nc3C)CC2)cc1. The van der Waals surface area contributed by atoms with Gasteiger partial charge in [-0.2, -0.15) is 0 Å². The predicted octanol–water partition coefficient (Wildman–Crippen LogP) is 4.59. The molecule has 0 atom stereocenters. The van der Waals surface area contributed by atoms with E-state index in [1.165, 1.54) is 17.0 Å². The molecule has 2 aromatic heterocycles. The fourth-order valence-corrected chi connectivity index (χ4v) is 5.20. The Labute approximate surface area is 173 Å². The Balaban J connectivity index is 1.35. The number of benzene rings is 1. The van der Waals surface area contributed by atoms with E-state index in [2.05, 4.69) is 27.3 Å². The van der Waals surface area contributed by atoms with Crippen molar-refractivity contribution in [3.8, 4) is 15.6 Å². The number of ether oxygens (including phenoxy) is 1. The standard InChI is InChI=1S/C21H23N3O2S2/c1-14-19(28-21(22-14)18-4-3-13-27-18)20(25)23-15-9-11-24(12-10-15)16-5-7-17(26-2)8-6-16/h3-8,13,15H,9-12H2,1-2H3,(H,23,25). The summed E-state index contributed by atoms with van der Waals surface area (Å²) in [7, 11) is 1.68. The van der Waals surface area contributed by atoms with Gasteiger partial charge in [-0.1, -0.05) is 6.07 Å². The maximum Gasteiger partial charge on any atom is 0.263 e. The maximum absolute atomic E-state index is 12.8. The van der Waals surface area contributed by atoms with Gasteiger partial charge in [0, 0.05) is 24.8 Å². The van der Waals surface area contributed by atoms with E-state index >= 15 is 0 Å². The zero-order valence-corrected chi connectivity index (χ0v) is 17.6. The highest BCUT2D eigenvalue weighted by molar-refractivity contribution is 7.22. The lowest BCUT2D eigenvalue weighted by molar-refractivity contribution is 0.0934. The number of nitrogens with one attached hydrogen (secondary N) is 1. The van der Waals surface area contributed by atoms with Crippen molar-refractivity contribution in [2.75, 3.05) is 25.1 Å². The van der Waals surface area contributed by atoms with Crippen LogP contribution in [0.25, 0.3) is 9.88 Å². The van der Waals surface area contributed by atoms with E-state index in [0.29, 0.717) is 0 Å². The summed E-state index contributed by atoms with van der Waals surface area (Å²) in [5.74, 6) is 0.869. The van der Waals surface area contributed by atoms with Gasteiger partial charge in [0.15, 0.2) is 0 Å². The Kier molecular flexibility index (Phi) is 5.64. The van der Waals surface area contributed by atoms with E-state index in [1.54, 1.807) is 18.4 Å². The van der Waals surface area contributed by atoms with Crippen LogP contribution in [0.4, 0.5) is 5.69 Å². The fraction of sp³-hybridized carbons (Fsp3) is 0.333. The summed E-state index contributed by atoms with van der Waals surface area (Å²) >= 11 is 3.13. The third-order valence-corrected chi connectivity index (χ3v) is 7.20. The Hall–Kier alpha value is -2.38. The zero-order valence-electron chi connectivity index (χ0n) is 16.0. The van der Waals surface area contributed by atoms with Gasteiger partial charge in [0.1, 0.15) is 15.6 Å². The Morgan fingerprint density at radius 2 is 1.96 bits per heavy atom. The highest BCUT2D eigenvalue weighted by Crippen LogP contribution is 2.31. The first-order valence-electron chi connectivity index (χ1n) is 9.35. The van der Waals surface area contributed by atoms with Gasteiger partial charge in [-0.3, -0.25) is 4.79 Å². The number of piperidine rings is 1. The van der Waals surface area contributed by atoms with Crippen LogP contribution in [0.5, 0.6) is 5.75 Å². The first-order chi connectivity index (χ1) is 13.6. The minimum Gasteiger partial charge on any atom is -0.497 e. The van der Waals surface area contributed by atoms with Crippen molar-refractivity contribution >= 4 is 34.3 Å². The van der Waals surface area contributed by atoms with E-state index in [9.17, 15) is 4.79 Å². The number of anilines is 1. The number of hydrogen-bond acceptors (Lipinski definition) is 6. The van der Waals surface area contributed by atoms with Crippen LogP contribution >= 0.6 is 22.7 Å². The van der Waals surface area contributed by atoms with E-state index in [1.807, 2.05) is 36.6 Å². The zero-order chi connectivity index (χ0) is 19.5. The van der Waals surface area contributed by atoms with Gasteiger partial charge in [-0.05, 0) is 55.5 Å². The van der Waals surface area contributed by atoms with E-state index in [-0.39, 0.29) is 11.9 Å². The molecule has 1 aliphatic rings. The van der Waals surface area contributed by atoms with E-state index in [0.717, 1.165) is 52.1 Å². The highest BCUT2D eigenvalue weighted by Gasteiger charge is 2.24. The number of hydrogen-bond donors (Lipinski definition) is 1. The van der Waals surface area contributed by atoms with Crippen LogP contribution in [-0.2, 0) is 0 Å². The molecule has 0 saturated carbocycles. The van der Waals surface area contributed by atoms with E-state index in [4.69, 9.17) is 4.74 Å². The van der Waals surface area contributed by atoms with Crippen molar-refractivity contribution in [1.29, 1.82) is 0 Å². The minimum atomic E-state index is 0.000651. The molecule has 1 aromatic carbocycles. The number of aromatic nitrogens is 1. The summed E-state index contributed by atoms with van der Waals surface area (Å²) in [6, 6.07) is 12.4. The molecule has 1 amide bonds. The lowest BCUT2D eigenvalue weighted by Crippen LogP contribution is -2.44. The Morgan fingerprint density at radius 1 is 1.21 bits per heavy atom. The molecule has 1 fully saturated rings. The fourth-order valence-electron chi connectivity index (χ4n) is 3.44. The molecule has 146 valence electrons. The van der Waals surface area contributed by atoms with Gasteiger partial charge < -0.3 is 15.0 Å². The molecular weight excluding hydrogens is 390 g/mol. The highest BCUT2D eigenvalue weighted by atomic mass is 32.1. The molecule has 4 rings (SSSR count). The monoisotopic (exact) mass is 413 g/mol. The lowest BCUT2D eigenvalue weighted by Gasteiger charge is -2.34. The topological polar surface area (TPSA) is 54.5 Å². The number of carbonyl (C=O) groups is 1. The summed E-state index contributed by atoms with van der Waals surface area (Å²) in [4.78, 5) is 21.5. The first-order valence-corrected chi connectivity index (χ1v) is 11.0. The van der Waals surface area contributed by atoms with E-state index < -0.39 is 0 Å². The predicted molar refractivity (Wildman–Crippen MR) is 116 cm³/mol. The molecular formula is C21H23N3O2S2. The molecule has 3 aromatic rings. The number of amides is 1. The molecule has 5 nitrogen and oxygen atoms in total. The molecule has 28 heavy (non-hydrogen) atoms. The van der Waals surface area contributed by atoms with Crippen LogP contribution in [0.15, 0.2) is 41.8 Å². The van der Waals surface area contributed by atoms with Gasteiger partial charge in [-0.25, -0.2) is 4.98 Å². The average molecular weight is 414 g/mol. The molecule has 0 aliphatic carbocycles. The van der Waals surface area contributed by atoms with Crippen LogP contribution in [0.2, 0.25) is 0 Å².